The van der Waals surface area contributed by atoms with Gasteiger partial charge >= 0.3 is 0 Å². The first kappa shape index (κ1) is 20.3. The van der Waals surface area contributed by atoms with Crippen molar-refractivity contribution in [2.75, 3.05) is 12.4 Å². The summed E-state index contributed by atoms with van der Waals surface area (Å²) in [6.45, 7) is 1.95. The normalized spacial score (nSPS) is 11.3. The van der Waals surface area contributed by atoms with Crippen LogP contribution in [0.15, 0.2) is 72.0 Å². The summed E-state index contributed by atoms with van der Waals surface area (Å²) < 4.78 is 5.48. The van der Waals surface area contributed by atoms with Crippen LogP contribution in [0.2, 0.25) is 0 Å². The number of nitrogens with one attached hydrogen (secondary N) is 4. The van der Waals surface area contributed by atoms with Gasteiger partial charge in [0.15, 0.2) is 0 Å². The molecule has 0 bridgehead atoms. The number of aromatic nitrogens is 3. The monoisotopic (exact) mass is 438 g/mol. The van der Waals surface area contributed by atoms with E-state index in [4.69, 9.17) is 4.74 Å². The van der Waals surface area contributed by atoms with Gasteiger partial charge in [-0.15, -0.1) is 0 Å². The summed E-state index contributed by atoms with van der Waals surface area (Å²) in [6, 6.07) is 19.3. The van der Waals surface area contributed by atoms with Crippen LogP contribution in [0.5, 0.6) is 5.75 Å². The van der Waals surface area contributed by atoms with Crippen LogP contribution in [0.25, 0.3) is 21.8 Å². The van der Waals surface area contributed by atoms with Crippen LogP contribution in [0.1, 0.15) is 21.9 Å². The lowest BCUT2D eigenvalue weighted by Crippen LogP contribution is -2.17. The van der Waals surface area contributed by atoms with Crippen molar-refractivity contribution in [3.8, 4) is 5.75 Å². The predicted octanol–water partition coefficient (Wildman–Crippen LogP) is 4.87. The summed E-state index contributed by atoms with van der Waals surface area (Å²) >= 11 is 0. The number of carbonyl (C=O) groups excluding carboxylic acids is 1. The zero-order valence-corrected chi connectivity index (χ0v) is 18.1. The topological polar surface area (TPSA) is 107 Å². The number of hydrazone groups is 1. The van der Waals surface area contributed by atoms with Crippen LogP contribution >= 0.6 is 0 Å². The third-order valence-electron chi connectivity index (χ3n) is 5.29. The molecular weight excluding hydrogens is 416 g/mol. The molecule has 0 aliphatic heterocycles. The molecule has 3 aromatic heterocycles. The molecule has 1 amide bonds. The van der Waals surface area contributed by atoms with Crippen LogP contribution in [0, 0.1) is 6.92 Å². The number of nitrogens with zero attached hydrogens (tertiary/aromatic N) is 2. The number of aryl methyl sites for hydroxylation is 1. The van der Waals surface area contributed by atoms with Gasteiger partial charge in [0.1, 0.15) is 17.0 Å². The molecular formula is C25H22N6O2. The molecule has 8 nitrogen and oxygen atoms in total. The second-order valence-corrected chi connectivity index (χ2v) is 7.60. The number of para-hydroxylation sites is 1. The lowest BCUT2D eigenvalue weighted by Gasteiger charge is -2.13. The number of aromatic amines is 2. The number of pyridine rings is 1. The number of H-pyrrole nitrogens is 2. The molecule has 0 aliphatic rings. The fourth-order valence-corrected chi connectivity index (χ4v) is 3.75. The van der Waals surface area contributed by atoms with E-state index in [0.717, 1.165) is 50.3 Å². The van der Waals surface area contributed by atoms with Gasteiger partial charge in [0.2, 0.25) is 0 Å². The number of carbonyl (C=O) groups is 1. The van der Waals surface area contributed by atoms with Crippen molar-refractivity contribution in [2.45, 2.75) is 6.92 Å². The number of amides is 1. The predicted molar refractivity (Wildman–Crippen MR) is 130 cm³/mol. The van der Waals surface area contributed by atoms with E-state index in [1.165, 1.54) is 0 Å². The second kappa shape index (κ2) is 8.51. The molecule has 0 fully saturated rings. The van der Waals surface area contributed by atoms with E-state index in [0.29, 0.717) is 5.69 Å². The van der Waals surface area contributed by atoms with Gasteiger partial charge in [-0.05, 0) is 55.5 Å². The quantitative estimate of drug-likeness (QED) is 0.224. The lowest BCUT2D eigenvalue weighted by molar-refractivity contribution is 0.0951. The third-order valence-corrected chi connectivity index (χ3v) is 5.29. The van der Waals surface area contributed by atoms with Gasteiger partial charge in [-0.25, -0.2) is 10.4 Å². The van der Waals surface area contributed by atoms with Gasteiger partial charge in [0.25, 0.3) is 5.91 Å². The standard InChI is InChI=1S/C25H22N6O2/c1-15-11-21(19-6-3-7-23(33-2)24(19)28-15)29-17-8-9-20-16(12-17)13-22(30-20)25(32)31-27-14-18-5-4-10-26-18/h3-14,26,30H,1-2H3,(H,28,29)(H,31,32)/b27-14+. The molecule has 0 unspecified atom stereocenters. The molecule has 3 heterocycles. The summed E-state index contributed by atoms with van der Waals surface area (Å²) in [5, 5.41) is 9.34. The molecule has 5 rings (SSSR count). The van der Waals surface area contributed by atoms with Crippen molar-refractivity contribution < 1.29 is 9.53 Å². The first-order valence-corrected chi connectivity index (χ1v) is 10.4. The van der Waals surface area contributed by atoms with Crippen molar-refractivity contribution in [1.82, 2.24) is 20.4 Å². The molecule has 0 radical (unpaired) electrons. The number of benzene rings is 2. The molecule has 0 saturated carbocycles. The highest BCUT2D eigenvalue weighted by molar-refractivity contribution is 6.00. The van der Waals surface area contributed by atoms with Gasteiger partial charge in [0.05, 0.1) is 19.0 Å². The van der Waals surface area contributed by atoms with E-state index in [-0.39, 0.29) is 5.91 Å². The lowest BCUT2D eigenvalue weighted by atomic mass is 10.1. The molecule has 0 atom stereocenters. The van der Waals surface area contributed by atoms with E-state index in [9.17, 15) is 4.79 Å². The van der Waals surface area contributed by atoms with E-state index < -0.39 is 0 Å². The number of fused-ring (bicyclic) bond motifs is 2. The average molecular weight is 438 g/mol. The summed E-state index contributed by atoms with van der Waals surface area (Å²) in [5.74, 6) is 0.418. The highest BCUT2D eigenvalue weighted by Gasteiger charge is 2.11. The Hall–Kier alpha value is -4.59. The Morgan fingerprint density at radius 1 is 1.12 bits per heavy atom. The van der Waals surface area contributed by atoms with Gasteiger partial charge in [-0.3, -0.25) is 4.79 Å². The smallest absolute Gasteiger partial charge is 0.287 e. The summed E-state index contributed by atoms with van der Waals surface area (Å²) in [4.78, 5) is 23.2. The SMILES string of the molecule is COc1cccc2c(Nc3ccc4[nH]c(C(=O)N/N=C/c5ccc[nH]5)cc4c3)cc(C)nc12. The van der Waals surface area contributed by atoms with Crippen LogP contribution in [-0.2, 0) is 0 Å². The number of rotatable bonds is 6. The molecule has 2 aromatic carbocycles. The van der Waals surface area contributed by atoms with Crippen molar-refractivity contribution in [1.29, 1.82) is 0 Å². The van der Waals surface area contributed by atoms with Crippen molar-refractivity contribution in [2.24, 2.45) is 5.10 Å². The number of methoxy groups -OCH3 is 1. The Labute approximate surface area is 189 Å². The maximum Gasteiger partial charge on any atom is 0.287 e. The fourth-order valence-electron chi connectivity index (χ4n) is 3.75. The minimum Gasteiger partial charge on any atom is -0.494 e. The van der Waals surface area contributed by atoms with Crippen molar-refractivity contribution >= 4 is 45.3 Å². The molecule has 33 heavy (non-hydrogen) atoms. The first-order valence-electron chi connectivity index (χ1n) is 10.4. The largest absolute Gasteiger partial charge is 0.494 e. The summed E-state index contributed by atoms with van der Waals surface area (Å²) in [7, 11) is 1.64. The average Bonchev–Trinajstić information content (AvgIpc) is 3.48. The van der Waals surface area contributed by atoms with Crippen LogP contribution in [-0.4, -0.2) is 34.2 Å². The second-order valence-electron chi connectivity index (χ2n) is 7.60. The zero-order valence-electron chi connectivity index (χ0n) is 18.1. The Morgan fingerprint density at radius 2 is 2.03 bits per heavy atom. The Morgan fingerprint density at radius 3 is 2.85 bits per heavy atom. The number of ether oxygens (including phenoxy) is 1. The number of hydrogen-bond donors (Lipinski definition) is 4. The van der Waals surface area contributed by atoms with Crippen LogP contribution < -0.4 is 15.5 Å². The molecule has 4 N–H and O–H groups in total. The minimum atomic E-state index is -0.314. The van der Waals surface area contributed by atoms with E-state index >= 15 is 0 Å². The Balaban J connectivity index is 1.40. The highest BCUT2D eigenvalue weighted by atomic mass is 16.5. The fraction of sp³-hybridized carbons (Fsp3) is 0.0800. The van der Waals surface area contributed by atoms with Crippen molar-refractivity contribution in [3.05, 3.63) is 83.9 Å². The van der Waals surface area contributed by atoms with Gasteiger partial charge in [-0.2, -0.15) is 5.10 Å². The minimum absolute atomic E-state index is 0.314. The van der Waals surface area contributed by atoms with E-state index in [2.05, 4.69) is 30.8 Å². The summed E-state index contributed by atoms with van der Waals surface area (Å²) in [6.07, 6.45) is 3.34. The third kappa shape index (κ3) is 4.14. The maximum absolute atomic E-state index is 12.5. The van der Waals surface area contributed by atoms with Crippen molar-refractivity contribution in [3.63, 3.8) is 0 Å². The van der Waals surface area contributed by atoms with Gasteiger partial charge < -0.3 is 20.0 Å². The molecule has 8 heteroatoms. The molecule has 0 aliphatic carbocycles. The van der Waals surface area contributed by atoms with Crippen LogP contribution in [0.3, 0.4) is 0 Å². The summed E-state index contributed by atoms with van der Waals surface area (Å²) in [5.41, 5.74) is 8.15. The molecule has 0 saturated heterocycles. The number of anilines is 2. The molecule has 164 valence electrons. The molecule has 0 spiro atoms. The van der Waals surface area contributed by atoms with E-state index in [1.54, 1.807) is 25.6 Å². The Bertz CT molecular complexity index is 1480. The van der Waals surface area contributed by atoms with Crippen LogP contribution in [0.4, 0.5) is 11.4 Å². The number of hydrogen-bond acceptors (Lipinski definition) is 5. The first-order chi connectivity index (χ1) is 16.1. The van der Waals surface area contributed by atoms with Gasteiger partial charge in [0, 0.05) is 39.6 Å². The maximum atomic E-state index is 12.5. The highest BCUT2D eigenvalue weighted by Crippen LogP contribution is 2.32. The zero-order chi connectivity index (χ0) is 22.8. The Kier molecular flexibility index (Phi) is 5.24. The van der Waals surface area contributed by atoms with Gasteiger partial charge in [-0.1, -0.05) is 12.1 Å². The van der Waals surface area contributed by atoms with E-state index in [1.807, 2.05) is 61.5 Å². The molecule has 5 aromatic rings.